The lowest BCUT2D eigenvalue weighted by molar-refractivity contribution is -0.117. The van der Waals surface area contributed by atoms with Crippen LogP contribution >= 0.6 is 11.3 Å². The van der Waals surface area contributed by atoms with Gasteiger partial charge >= 0.3 is 0 Å². The minimum atomic E-state index is -0.243. The van der Waals surface area contributed by atoms with Crippen molar-refractivity contribution in [1.82, 2.24) is 5.32 Å². The van der Waals surface area contributed by atoms with Gasteiger partial charge in [-0.25, -0.2) is 0 Å². The molecule has 0 saturated heterocycles. The molecule has 1 heterocycles. The molecule has 1 saturated carbocycles. The summed E-state index contributed by atoms with van der Waals surface area (Å²) in [6.07, 6.45) is 6.05. The normalized spacial score (nSPS) is 16.8. The summed E-state index contributed by atoms with van der Waals surface area (Å²) in [6.45, 7) is 0. The highest BCUT2D eigenvalue weighted by molar-refractivity contribution is 7.10. The van der Waals surface area contributed by atoms with Crippen molar-refractivity contribution in [3.8, 4) is 6.07 Å². The van der Waals surface area contributed by atoms with Crippen molar-refractivity contribution < 1.29 is 4.79 Å². The minimum absolute atomic E-state index is 0.194. The van der Waals surface area contributed by atoms with Crippen LogP contribution in [-0.2, 0) is 4.79 Å². The van der Waals surface area contributed by atoms with Crippen molar-refractivity contribution >= 4 is 23.3 Å². The SMILES string of the molecule is N#C/C(=C\c1cccs1)C(=O)NC1CCCC1. The van der Waals surface area contributed by atoms with E-state index in [4.69, 9.17) is 5.26 Å². The van der Waals surface area contributed by atoms with Crippen LogP contribution in [0.4, 0.5) is 0 Å². The Hall–Kier alpha value is -1.60. The summed E-state index contributed by atoms with van der Waals surface area (Å²) in [5.74, 6) is -0.243. The summed E-state index contributed by atoms with van der Waals surface area (Å²) >= 11 is 1.52. The molecule has 0 aliphatic heterocycles. The Labute approximate surface area is 105 Å². The van der Waals surface area contributed by atoms with E-state index >= 15 is 0 Å². The number of amides is 1. The zero-order valence-electron chi connectivity index (χ0n) is 9.48. The first kappa shape index (κ1) is 11.9. The molecule has 3 nitrogen and oxygen atoms in total. The summed E-state index contributed by atoms with van der Waals surface area (Å²) < 4.78 is 0. The van der Waals surface area contributed by atoms with Gasteiger partial charge in [0.05, 0.1) is 0 Å². The van der Waals surface area contributed by atoms with Crippen LogP contribution in [-0.4, -0.2) is 11.9 Å². The van der Waals surface area contributed by atoms with Crippen molar-refractivity contribution in [2.24, 2.45) is 0 Å². The molecule has 2 rings (SSSR count). The van der Waals surface area contributed by atoms with Crippen molar-refractivity contribution in [2.75, 3.05) is 0 Å². The molecule has 0 aromatic carbocycles. The van der Waals surface area contributed by atoms with Crippen molar-refractivity contribution in [1.29, 1.82) is 5.26 Å². The first-order chi connectivity index (χ1) is 8.29. The van der Waals surface area contributed by atoms with E-state index in [2.05, 4.69) is 5.32 Å². The molecule has 1 amide bonds. The number of nitriles is 1. The van der Waals surface area contributed by atoms with E-state index in [-0.39, 0.29) is 17.5 Å². The lowest BCUT2D eigenvalue weighted by Crippen LogP contribution is -2.33. The number of nitrogens with one attached hydrogen (secondary N) is 1. The molecule has 1 aromatic rings. The van der Waals surface area contributed by atoms with Gasteiger partial charge in [0.25, 0.3) is 5.91 Å². The molecule has 1 aromatic heterocycles. The van der Waals surface area contributed by atoms with Gasteiger partial charge in [-0.1, -0.05) is 18.9 Å². The molecular formula is C13H14N2OS. The monoisotopic (exact) mass is 246 g/mol. The van der Waals surface area contributed by atoms with E-state index < -0.39 is 0 Å². The fourth-order valence-corrected chi connectivity index (χ4v) is 2.65. The van der Waals surface area contributed by atoms with Gasteiger partial charge in [-0.05, 0) is 30.4 Å². The summed E-state index contributed by atoms with van der Waals surface area (Å²) in [5.41, 5.74) is 0.194. The van der Waals surface area contributed by atoms with E-state index in [1.54, 1.807) is 6.08 Å². The van der Waals surface area contributed by atoms with Gasteiger partial charge in [0, 0.05) is 10.9 Å². The average molecular weight is 246 g/mol. The minimum Gasteiger partial charge on any atom is -0.349 e. The predicted octanol–water partition coefficient (Wildman–Crippen LogP) is 2.71. The Balaban J connectivity index is 2.03. The first-order valence-corrected chi connectivity index (χ1v) is 6.64. The summed E-state index contributed by atoms with van der Waals surface area (Å²) in [4.78, 5) is 12.8. The van der Waals surface area contributed by atoms with Gasteiger partial charge in [0.15, 0.2) is 0 Å². The lowest BCUT2D eigenvalue weighted by atomic mass is 10.2. The molecule has 1 N–H and O–H groups in total. The van der Waals surface area contributed by atoms with Crippen molar-refractivity contribution in [2.45, 2.75) is 31.7 Å². The van der Waals surface area contributed by atoms with Crippen LogP contribution in [0.15, 0.2) is 23.1 Å². The zero-order valence-corrected chi connectivity index (χ0v) is 10.3. The maximum atomic E-state index is 11.9. The van der Waals surface area contributed by atoms with E-state index in [1.807, 2.05) is 23.6 Å². The van der Waals surface area contributed by atoms with Crippen LogP contribution in [0.1, 0.15) is 30.6 Å². The Morgan fingerprint density at radius 1 is 1.53 bits per heavy atom. The standard InChI is InChI=1S/C13H14N2OS/c14-9-10(8-12-6-3-7-17-12)13(16)15-11-4-1-2-5-11/h3,6-8,11H,1-2,4-5H2,(H,15,16)/b10-8+. The lowest BCUT2D eigenvalue weighted by Gasteiger charge is -2.10. The molecule has 0 spiro atoms. The first-order valence-electron chi connectivity index (χ1n) is 5.76. The average Bonchev–Trinajstić information content (AvgIpc) is 2.97. The summed E-state index contributed by atoms with van der Waals surface area (Å²) in [6, 6.07) is 6.02. The Kier molecular flexibility index (Phi) is 3.94. The highest BCUT2D eigenvalue weighted by Crippen LogP contribution is 2.18. The number of carbonyl (C=O) groups excluding carboxylic acids is 1. The quantitative estimate of drug-likeness (QED) is 0.658. The molecule has 0 radical (unpaired) electrons. The second-order valence-corrected chi connectivity index (χ2v) is 5.12. The molecule has 88 valence electrons. The summed E-state index contributed by atoms with van der Waals surface area (Å²) in [5, 5.41) is 13.8. The number of nitrogens with zero attached hydrogens (tertiary/aromatic N) is 1. The van der Waals surface area contributed by atoms with Gasteiger partial charge in [-0.3, -0.25) is 4.79 Å². The van der Waals surface area contributed by atoms with Crippen LogP contribution in [0.5, 0.6) is 0 Å². The number of hydrogen-bond acceptors (Lipinski definition) is 3. The highest BCUT2D eigenvalue weighted by atomic mass is 32.1. The van der Waals surface area contributed by atoms with Gasteiger partial charge in [-0.15, -0.1) is 11.3 Å². The van der Waals surface area contributed by atoms with Gasteiger partial charge in [0.2, 0.25) is 0 Å². The van der Waals surface area contributed by atoms with E-state index in [1.165, 1.54) is 24.2 Å². The largest absolute Gasteiger partial charge is 0.349 e. The topological polar surface area (TPSA) is 52.9 Å². The zero-order chi connectivity index (χ0) is 12.1. The predicted molar refractivity (Wildman–Crippen MR) is 68.3 cm³/mol. The molecule has 1 fully saturated rings. The maximum absolute atomic E-state index is 11.9. The van der Waals surface area contributed by atoms with Crippen molar-refractivity contribution in [3.05, 3.63) is 28.0 Å². The van der Waals surface area contributed by atoms with E-state index in [0.29, 0.717) is 0 Å². The second-order valence-electron chi connectivity index (χ2n) is 4.14. The number of carbonyl (C=O) groups is 1. The van der Waals surface area contributed by atoms with Crippen LogP contribution in [0.3, 0.4) is 0 Å². The van der Waals surface area contributed by atoms with Crippen LogP contribution in [0.2, 0.25) is 0 Å². The molecule has 0 atom stereocenters. The molecule has 1 aliphatic carbocycles. The number of thiophene rings is 1. The second kappa shape index (κ2) is 5.65. The van der Waals surface area contributed by atoms with Crippen LogP contribution < -0.4 is 5.32 Å². The van der Waals surface area contributed by atoms with Gasteiger partial charge in [-0.2, -0.15) is 5.26 Å². The smallest absolute Gasteiger partial charge is 0.262 e. The third kappa shape index (κ3) is 3.18. The molecule has 0 unspecified atom stereocenters. The Morgan fingerprint density at radius 2 is 2.29 bits per heavy atom. The van der Waals surface area contributed by atoms with E-state index in [9.17, 15) is 4.79 Å². The fraction of sp³-hybridized carbons (Fsp3) is 0.385. The summed E-state index contributed by atoms with van der Waals surface area (Å²) in [7, 11) is 0. The Morgan fingerprint density at radius 3 is 2.88 bits per heavy atom. The highest BCUT2D eigenvalue weighted by Gasteiger charge is 2.19. The third-order valence-corrected chi connectivity index (χ3v) is 3.70. The van der Waals surface area contributed by atoms with Crippen molar-refractivity contribution in [3.63, 3.8) is 0 Å². The van der Waals surface area contributed by atoms with Gasteiger partial charge in [0.1, 0.15) is 11.6 Å². The van der Waals surface area contributed by atoms with Gasteiger partial charge < -0.3 is 5.32 Å². The number of hydrogen-bond donors (Lipinski definition) is 1. The fourth-order valence-electron chi connectivity index (χ4n) is 2.00. The molecular weight excluding hydrogens is 232 g/mol. The molecule has 4 heteroatoms. The van der Waals surface area contributed by atoms with E-state index in [0.717, 1.165) is 17.7 Å². The number of rotatable bonds is 3. The molecule has 1 aliphatic rings. The third-order valence-electron chi connectivity index (χ3n) is 2.89. The Bertz CT molecular complexity index is 450. The van der Waals surface area contributed by atoms with Crippen LogP contribution in [0.25, 0.3) is 6.08 Å². The van der Waals surface area contributed by atoms with Crippen LogP contribution in [0, 0.1) is 11.3 Å². The molecule has 0 bridgehead atoms. The maximum Gasteiger partial charge on any atom is 0.262 e. The molecule has 17 heavy (non-hydrogen) atoms.